The lowest BCUT2D eigenvalue weighted by molar-refractivity contribution is 0.154. The highest BCUT2D eigenvalue weighted by molar-refractivity contribution is 6.32. The van der Waals surface area contributed by atoms with Gasteiger partial charge < -0.3 is 9.67 Å². The van der Waals surface area contributed by atoms with E-state index in [0.717, 1.165) is 59.3 Å². The smallest absolute Gasteiger partial charge is 0.0948 e. The third-order valence-corrected chi connectivity index (χ3v) is 6.08. The first kappa shape index (κ1) is 19.8. The molecule has 7 heteroatoms. The van der Waals surface area contributed by atoms with Crippen molar-refractivity contribution in [3.8, 4) is 17.5 Å². The molecule has 0 radical (unpaired) electrons. The summed E-state index contributed by atoms with van der Waals surface area (Å²) in [6, 6.07) is 8.49. The van der Waals surface area contributed by atoms with E-state index < -0.39 is 0 Å². The van der Waals surface area contributed by atoms with Crippen LogP contribution >= 0.6 is 11.6 Å². The van der Waals surface area contributed by atoms with Crippen molar-refractivity contribution in [2.24, 2.45) is 7.05 Å². The largest absolute Gasteiger partial charge is 0.395 e. The summed E-state index contributed by atoms with van der Waals surface area (Å²) >= 11 is 6.51. The van der Waals surface area contributed by atoms with Crippen molar-refractivity contribution >= 4 is 22.5 Å². The number of aliphatic hydroxyl groups is 1. The molecule has 29 heavy (non-hydrogen) atoms. The summed E-state index contributed by atoms with van der Waals surface area (Å²) in [7, 11) is 1.95. The third-order valence-electron chi connectivity index (χ3n) is 5.73. The zero-order valence-electron chi connectivity index (χ0n) is 16.5. The Balaban J connectivity index is 1.84. The fourth-order valence-electron chi connectivity index (χ4n) is 4.14. The van der Waals surface area contributed by atoms with E-state index in [4.69, 9.17) is 21.8 Å². The van der Waals surface area contributed by atoms with Crippen molar-refractivity contribution in [2.45, 2.75) is 38.3 Å². The van der Waals surface area contributed by atoms with E-state index >= 15 is 0 Å². The zero-order valence-corrected chi connectivity index (χ0v) is 17.2. The Hall–Kier alpha value is -2.46. The number of imidazole rings is 1. The van der Waals surface area contributed by atoms with Crippen LogP contribution in [0.15, 0.2) is 30.7 Å². The second kappa shape index (κ2) is 8.50. The molecule has 4 rings (SSSR count). The van der Waals surface area contributed by atoms with Gasteiger partial charge in [-0.15, -0.1) is 0 Å². The van der Waals surface area contributed by atoms with Gasteiger partial charge in [-0.25, -0.2) is 9.97 Å². The van der Waals surface area contributed by atoms with Crippen LogP contribution in [0.2, 0.25) is 5.02 Å². The van der Waals surface area contributed by atoms with Gasteiger partial charge in [0.05, 0.1) is 42.1 Å². The van der Waals surface area contributed by atoms with Crippen molar-refractivity contribution in [1.82, 2.24) is 19.4 Å². The fraction of sp³-hybridized carbons (Fsp3) is 0.409. The maximum absolute atomic E-state index is 9.73. The van der Waals surface area contributed by atoms with Gasteiger partial charge in [0.15, 0.2) is 0 Å². The molecule has 0 unspecified atom stereocenters. The van der Waals surface area contributed by atoms with Gasteiger partial charge in [-0.1, -0.05) is 11.6 Å². The average molecular weight is 410 g/mol. The predicted octanol–water partition coefficient (Wildman–Crippen LogP) is 3.70. The highest BCUT2D eigenvalue weighted by Gasteiger charge is 2.25. The fourth-order valence-corrected chi connectivity index (χ4v) is 4.39. The monoisotopic (exact) mass is 409 g/mol. The van der Waals surface area contributed by atoms with Crippen LogP contribution in [0.25, 0.3) is 22.3 Å². The van der Waals surface area contributed by atoms with Gasteiger partial charge >= 0.3 is 0 Å². The maximum Gasteiger partial charge on any atom is 0.0948 e. The Bertz CT molecular complexity index is 1070. The van der Waals surface area contributed by atoms with E-state index in [-0.39, 0.29) is 12.6 Å². The second-order valence-electron chi connectivity index (χ2n) is 7.62. The lowest BCUT2D eigenvalue weighted by Crippen LogP contribution is -2.31. The minimum Gasteiger partial charge on any atom is -0.395 e. The summed E-state index contributed by atoms with van der Waals surface area (Å²) in [6.07, 6.45) is 6.75. The van der Waals surface area contributed by atoms with Crippen LogP contribution in [0.1, 0.15) is 30.4 Å². The number of hydrogen-bond donors (Lipinski definition) is 1. The number of aromatic nitrogens is 3. The molecular weight excluding hydrogens is 386 g/mol. The molecule has 1 saturated heterocycles. The van der Waals surface area contributed by atoms with Crippen LogP contribution in [0.5, 0.6) is 0 Å². The Morgan fingerprint density at radius 3 is 2.90 bits per heavy atom. The molecule has 0 aliphatic carbocycles. The summed E-state index contributed by atoms with van der Waals surface area (Å²) in [4.78, 5) is 11.4. The minimum absolute atomic E-state index is 0.177. The first-order valence-corrected chi connectivity index (χ1v) is 10.3. The van der Waals surface area contributed by atoms with Crippen LogP contribution in [-0.4, -0.2) is 43.7 Å². The quantitative estimate of drug-likeness (QED) is 0.671. The minimum atomic E-state index is 0.177. The number of fused-ring (bicyclic) bond motifs is 1. The number of pyridine rings is 1. The number of hydrogen-bond acceptors (Lipinski definition) is 5. The molecule has 150 valence electrons. The molecular formula is C22H24ClN5O. The van der Waals surface area contributed by atoms with Crippen LogP contribution in [0, 0.1) is 11.3 Å². The normalized spacial score (nSPS) is 17.1. The first-order chi connectivity index (χ1) is 14.1. The average Bonchev–Trinajstić information content (AvgIpc) is 3.34. The van der Waals surface area contributed by atoms with Gasteiger partial charge in [-0.2, -0.15) is 5.26 Å². The maximum atomic E-state index is 9.73. The number of benzene rings is 1. The topological polar surface area (TPSA) is 78.0 Å². The second-order valence-corrected chi connectivity index (χ2v) is 8.03. The van der Waals surface area contributed by atoms with E-state index in [2.05, 4.69) is 28.1 Å². The molecule has 2 aromatic heterocycles. The standard InChI is InChI=1S/C22H24ClN5O/c1-27-14-25-11-22(27)21-9-16(12-28-7-3-5-17(28)13-29)18-8-15(4-2-6-24)19(23)10-20(18)26-21/h8-11,14,17,29H,2-5,7,12-13H2,1H3/t17-/m1/s1. The molecule has 1 fully saturated rings. The van der Waals surface area contributed by atoms with E-state index in [1.807, 2.05) is 23.9 Å². The van der Waals surface area contributed by atoms with Crippen LogP contribution in [0.4, 0.5) is 0 Å². The highest BCUT2D eigenvalue weighted by Crippen LogP contribution is 2.31. The molecule has 6 nitrogen and oxygen atoms in total. The Labute approximate surface area is 175 Å². The SMILES string of the molecule is Cn1cncc1-c1cc(CN2CCC[C@@H]2CO)c2cc(CCC#N)c(Cl)cc2n1. The van der Waals surface area contributed by atoms with Gasteiger partial charge in [-0.3, -0.25) is 4.90 Å². The van der Waals surface area contributed by atoms with Gasteiger partial charge in [0.25, 0.3) is 0 Å². The number of aliphatic hydroxyl groups excluding tert-OH is 1. The lowest BCUT2D eigenvalue weighted by Gasteiger charge is -2.24. The summed E-state index contributed by atoms with van der Waals surface area (Å²) in [5, 5.41) is 20.4. The predicted molar refractivity (Wildman–Crippen MR) is 113 cm³/mol. The number of rotatable bonds is 6. The van der Waals surface area contributed by atoms with Crippen molar-refractivity contribution in [3.05, 3.63) is 46.9 Å². The van der Waals surface area contributed by atoms with Gasteiger partial charge in [0.2, 0.25) is 0 Å². The summed E-state index contributed by atoms with van der Waals surface area (Å²) < 4.78 is 1.95. The zero-order chi connectivity index (χ0) is 20.4. The van der Waals surface area contributed by atoms with E-state index in [0.29, 0.717) is 17.9 Å². The number of aryl methyl sites for hydroxylation is 2. The number of nitriles is 1. The molecule has 0 bridgehead atoms. The van der Waals surface area contributed by atoms with Gasteiger partial charge in [-0.05, 0) is 55.1 Å². The molecule has 1 aliphatic heterocycles. The first-order valence-electron chi connectivity index (χ1n) is 9.91. The lowest BCUT2D eigenvalue weighted by atomic mass is 10.0. The molecule has 3 heterocycles. The van der Waals surface area contributed by atoms with Gasteiger partial charge in [0, 0.05) is 36.5 Å². The van der Waals surface area contributed by atoms with E-state index in [9.17, 15) is 5.11 Å². The van der Waals surface area contributed by atoms with Crippen molar-refractivity contribution in [2.75, 3.05) is 13.2 Å². The molecule has 1 atom stereocenters. The molecule has 0 spiro atoms. The third kappa shape index (κ3) is 3.99. The highest BCUT2D eigenvalue weighted by atomic mass is 35.5. The van der Waals surface area contributed by atoms with Gasteiger partial charge in [0.1, 0.15) is 0 Å². The van der Waals surface area contributed by atoms with Crippen LogP contribution in [-0.2, 0) is 20.0 Å². The van der Waals surface area contributed by atoms with Crippen LogP contribution in [0.3, 0.4) is 0 Å². The Morgan fingerprint density at radius 2 is 2.17 bits per heavy atom. The summed E-state index contributed by atoms with van der Waals surface area (Å²) in [6.45, 7) is 1.90. The van der Waals surface area contributed by atoms with E-state index in [1.54, 1.807) is 6.33 Å². The number of nitrogens with zero attached hydrogens (tertiary/aromatic N) is 5. The Morgan fingerprint density at radius 1 is 1.31 bits per heavy atom. The van der Waals surface area contributed by atoms with Crippen molar-refractivity contribution < 1.29 is 5.11 Å². The van der Waals surface area contributed by atoms with Crippen molar-refractivity contribution in [3.63, 3.8) is 0 Å². The van der Waals surface area contributed by atoms with E-state index in [1.165, 1.54) is 0 Å². The molecule has 1 aromatic carbocycles. The summed E-state index contributed by atoms with van der Waals surface area (Å²) in [5.74, 6) is 0. The molecule has 0 saturated carbocycles. The van der Waals surface area contributed by atoms with Crippen molar-refractivity contribution in [1.29, 1.82) is 5.26 Å². The number of halogens is 1. The number of likely N-dealkylation sites (tertiary alicyclic amines) is 1. The van der Waals surface area contributed by atoms with Crippen LogP contribution < -0.4 is 0 Å². The Kier molecular flexibility index (Phi) is 5.81. The molecule has 0 amide bonds. The molecule has 3 aromatic rings. The molecule has 1 N–H and O–H groups in total. The molecule has 1 aliphatic rings. The summed E-state index contributed by atoms with van der Waals surface area (Å²) in [5.41, 5.74) is 4.76.